The first kappa shape index (κ1) is 18.3. The van der Waals surface area contributed by atoms with Crippen molar-refractivity contribution in [2.45, 2.75) is 5.92 Å². The zero-order valence-electron chi connectivity index (χ0n) is 15.1. The molecule has 1 aliphatic carbocycles. The van der Waals surface area contributed by atoms with E-state index in [1.807, 2.05) is 6.08 Å². The number of hydrogen-bond donors (Lipinski definition) is 2. The molecule has 136 valence electrons. The van der Waals surface area contributed by atoms with Crippen LogP contribution in [-0.2, 0) is 0 Å². The summed E-state index contributed by atoms with van der Waals surface area (Å²) in [5.41, 5.74) is 6.22. The number of nitrogens with zero attached hydrogens (tertiary/aromatic N) is 3. The molecule has 1 aromatic carbocycles. The van der Waals surface area contributed by atoms with E-state index < -0.39 is 11.3 Å². The summed E-state index contributed by atoms with van der Waals surface area (Å²) in [6, 6.07) is 11.6. The number of hydrogen-bond acceptors (Lipinski definition) is 7. The Hall–Kier alpha value is -3.47. The van der Waals surface area contributed by atoms with Gasteiger partial charge in [0.25, 0.3) is 0 Å². The van der Waals surface area contributed by atoms with Crippen LogP contribution in [0.25, 0.3) is 0 Å². The highest BCUT2D eigenvalue weighted by Gasteiger charge is 2.54. The maximum Gasteiger partial charge on any atom is 0.191 e. The first-order valence-electron chi connectivity index (χ1n) is 8.43. The SMILES string of the molecule is COc1ccc(OC)c([C@@H]2[C@@H]3CNCC=C3C(C#N)=C(N)C2(C#N)C#N)c1. The molecule has 3 N–H and O–H groups in total. The Morgan fingerprint density at radius 1 is 1.19 bits per heavy atom. The van der Waals surface area contributed by atoms with Crippen LogP contribution in [0.1, 0.15) is 11.5 Å². The molecule has 1 aliphatic heterocycles. The van der Waals surface area contributed by atoms with Gasteiger partial charge < -0.3 is 20.5 Å². The van der Waals surface area contributed by atoms with Crippen LogP contribution in [0.5, 0.6) is 11.5 Å². The number of rotatable bonds is 3. The minimum atomic E-state index is -1.69. The lowest BCUT2D eigenvalue weighted by Crippen LogP contribution is -2.47. The predicted octanol–water partition coefficient (Wildman–Crippen LogP) is 1.72. The Morgan fingerprint density at radius 2 is 1.93 bits per heavy atom. The van der Waals surface area contributed by atoms with E-state index >= 15 is 0 Å². The Morgan fingerprint density at radius 3 is 2.52 bits per heavy atom. The number of nitrogens with two attached hydrogens (primary N) is 1. The first-order valence-corrected chi connectivity index (χ1v) is 8.43. The summed E-state index contributed by atoms with van der Waals surface area (Å²) in [4.78, 5) is 0. The minimum absolute atomic E-state index is 0.00530. The van der Waals surface area contributed by atoms with Gasteiger partial charge in [-0.05, 0) is 23.8 Å². The quantitative estimate of drug-likeness (QED) is 0.838. The van der Waals surface area contributed by atoms with Crippen LogP contribution >= 0.6 is 0 Å². The summed E-state index contributed by atoms with van der Waals surface area (Å²) >= 11 is 0. The van der Waals surface area contributed by atoms with Gasteiger partial charge in [-0.2, -0.15) is 15.8 Å². The Kier molecular flexibility index (Phi) is 4.77. The van der Waals surface area contributed by atoms with Crippen molar-refractivity contribution in [1.82, 2.24) is 5.32 Å². The second-order valence-corrected chi connectivity index (χ2v) is 6.44. The lowest BCUT2D eigenvalue weighted by Gasteiger charge is -2.43. The molecular formula is C20H19N5O2. The molecule has 1 aromatic rings. The van der Waals surface area contributed by atoms with Gasteiger partial charge in [-0.25, -0.2) is 0 Å². The Labute approximate surface area is 157 Å². The zero-order chi connectivity index (χ0) is 19.6. The van der Waals surface area contributed by atoms with E-state index in [1.165, 1.54) is 7.11 Å². The molecule has 1 heterocycles. The molecule has 0 saturated carbocycles. The van der Waals surface area contributed by atoms with Crippen LogP contribution in [0, 0.1) is 45.3 Å². The molecule has 0 amide bonds. The Balaban J connectivity index is 2.37. The molecule has 0 aromatic heterocycles. The fourth-order valence-electron chi connectivity index (χ4n) is 4.03. The summed E-state index contributed by atoms with van der Waals surface area (Å²) in [7, 11) is 3.08. The molecule has 7 nitrogen and oxygen atoms in total. The van der Waals surface area contributed by atoms with Crippen LogP contribution in [0.3, 0.4) is 0 Å². The van der Waals surface area contributed by atoms with Crippen molar-refractivity contribution in [2.24, 2.45) is 17.1 Å². The third-order valence-corrected chi connectivity index (χ3v) is 5.32. The summed E-state index contributed by atoms with van der Waals surface area (Å²) in [5.74, 6) is 0.224. The van der Waals surface area contributed by atoms with E-state index in [0.29, 0.717) is 30.2 Å². The first-order chi connectivity index (χ1) is 13.1. The van der Waals surface area contributed by atoms with Gasteiger partial charge in [-0.15, -0.1) is 0 Å². The van der Waals surface area contributed by atoms with E-state index in [0.717, 1.165) is 5.57 Å². The minimum Gasteiger partial charge on any atom is -0.497 e. The smallest absolute Gasteiger partial charge is 0.191 e. The number of fused-ring (bicyclic) bond motifs is 1. The van der Waals surface area contributed by atoms with Crippen molar-refractivity contribution in [3.63, 3.8) is 0 Å². The van der Waals surface area contributed by atoms with Crippen LogP contribution in [-0.4, -0.2) is 27.3 Å². The largest absolute Gasteiger partial charge is 0.497 e. The molecule has 0 saturated heterocycles. The molecule has 0 fully saturated rings. The van der Waals surface area contributed by atoms with Gasteiger partial charge in [0.05, 0.1) is 37.6 Å². The standard InChI is InChI=1S/C20H19N5O2/c1-26-12-3-4-17(27-2)14(7-12)18-16-9-25-6-5-13(16)15(8-21)19(24)20(18,10-22)11-23/h3-5,7,16,18,25H,6,9,24H2,1-2H3/t16-,18-/m1/s1. The van der Waals surface area contributed by atoms with Crippen LogP contribution in [0.2, 0.25) is 0 Å². The van der Waals surface area contributed by atoms with Crippen molar-refractivity contribution in [2.75, 3.05) is 27.3 Å². The normalized spacial score (nSPS) is 23.1. The maximum absolute atomic E-state index is 10.0. The van der Waals surface area contributed by atoms with Gasteiger partial charge >= 0.3 is 0 Å². The number of benzene rings is 1. The molecule has 0 bridgehead atoms. The zero-order valence-corrected chi connectivity index (χ0v) is 15.1. The van der Waals surface area contributed by atoms with E-state index in [4.69, 9.17) is 15.2 Å². The number of nitriles is 3. The van der Waals surface area contributed by atoms with Crippen molar-refractivity contribution in [3.05, 3.63) is 46.7 Å². The molecule has 2 aliphatic rings. The van der Waals surface area contributed by atoms with E-state index in [2.05, 4.69) is 23.5 Å². The summed E-state index contributed by atoms with van der Waals surface area (Å²) in [5, 5.41) is 33.0. The monoisotopic (exact) mass is 361 g/mol. The molecule has 7 heteroatoms. The van der Waals surface area contributed by atoms with Crippen molar-refractivity contribution < 1.29 is 9.47 Å². The molecule has 27 heavy (non-hydrogen) atoms. The average molecular weight is 361 g/mol. The fourth-order valence-corrected chi connectivity index (χ4v) is 4.03. The second kappa shape index (κ2) is 7.03. The average Bonchev–Trinajstić information content (AvgIpc) is 2.72. The van der Waals surface area contributed by atoms with Gasteiger partial charge in [-0.3, -0.25) is 0 Å². The molecule has 0 radical (unpaired) electrons. The van der Waals surface area contributed by atoms with Crippen LogP contribution in [0.4, 0.5) is 0 Å². The van der Waals surface area contributed by atoms with Crippen LogP contribution in [0.15, 0.2) is 41.1 Å². The van der Waals surface area contributed by atoms with Gasteiger partial charge in [0, 0.05) is 30.5 Å². The summed E-state index contributed by atoms with van der Waals surface area (Å²) < 4.78 is 10.9. The molecule has 2 atom stereocenters. The molecular weight excluding hydrogens is 342 g/mol. The van der Waals surface area contributed by atoms with Gasteiger partial charge in [0.1, 0.15) is 17.6 Å². The second-order valence-electron chi connectivity index (χ2n) is 6.44. The number of nitrogens with one attached hydrogen (secondary N) is 1. The van der Waals surface area contributed by atoms with Gasteiger partial charge in [-0.1, -0.05) is 6.08 Å². The predicted molar refractivity (Wildman–Crippen MR) is 97.2 cm³/mol. The number of allylic oxidation sites excluding steroid dienone is 2. The summed E-state index contributed by atoms with van der Waals surface area (Å²) in [6.45, 7) is 1.11. The van der Waals surface area contributed by atoms with Crippen molar-refractivity contribution >= 4 is 0 Å². The van der Waals surface area contributed by atoms with Crippen LogP contribution < -0.4 is 20.5 Å². The van der Waals surface area contributed by atoms with Crippen molar-refractivity contribution in [3.8, 4) is 29.7 Å². The highest BCUT2D eigenvalue weighted by Crippen LogP contribution is 2.55. The highest BCUT2D eigenvalue weighted by molar-refractivity contribution is 5.61. The van der Waals surface area contributed by atoms with Gasteiger partial charge in [0.2, 0.25) is 0 Å². The fraction of sp³-hybridized carbons (Fsp3) is 0.350. The van der Waals surface area contributed by atoms with E-state index in [-0.39, 0.29) is 17.2 Å². The third kappa shape index (κ3) is 2.59. The topological polar surface area (TPSA) is 128 Å². The Bertz CT molecular complexity index is 944. The number of methoxy groups -OCH3 is 2. The molecule has 0 spiro atoms. The van der Waals surface area contributed by atoms with E-state index in [1.54, 1.807) is 25.3 Å². The maximum atomic E-state index is 10.0. The lowest BCUT2D eigenvalue weighted by atomic mass is 9.58. The molecule has 3 rings (SSSR count). The third-order valence-electron chi connectivity index (χ3n) is 5.32. The summed E-state index contributed by atoms with van der Waals surface area (Å²) in [6.07, 6.45) is 1.90. The van der Waals surface area contributed by atoms with Gasteiger partial charge in [0.15, 0.2) is 5.41 Å². The van der Waals surface area contributed by atoms with E-state index in [9.17, 15) is 15.8 Å². The lowest BCUT2D eigenvalue weighted by molar-refractivity contribution is 0.313. The highest BCUT2D eigenvalue weighted by atomic mass is 16.5. The number of ether oxygens (including phenoxy) is 2. The molecule has 0 unspecified atom stereocenters. The van der Waals surface area contributed by atoms with Crippen molar-refractivity contribution in [1.29, 1.82) is 15.8 Å².